The van der Waals surface area contributed by atoms with Crippen LogP contribution in [0, 0.1) is 0 Å². The van der Waals surface area contributed by atoms with Gasteiger partial charge in [0.15, 0.2) is 11.5 Å². The average Bonchev–Trinajstić information content (AvgIpc) is 2.66. The quantitative estimate of drug-likeness (QED) is 0.296. The lowest BCUT2D eigenvalue weighted by Crippen LogP contribution is -2.42. The lowest BCUT2D eigenvalue weighted by Gasteiger charge is -2.19. The summed E-state index contributed by atoms with van der Waals surface area (Å²) in [7, 11) is 0. The van der Waals surface area contributed by atoms with Crippen LogP contribution in [0.2, 0.25) is 0 Å². The molecule has 1 aromatic rings. The SMILES string of the molecule is CCOC(=O)Oc1ccc(C[C@H](NCC(C)OC(C)=O)C(=O)O)cc1OC(=O)OCC. The van der Waals surface area contributed by atoms with Gasteiger partial charge in [-0.15, -0.1) is 0 Å². The maximum Gasteiger partial charge on any atom is 0.513 e. The van der Waals surface area contributed by atoms with E-state index < -0.39 is 36.4 Å². The van der Waals surface area contributed by atoms with Crippen molar-refractivity contribution < 1.29 is 48.0 Å². The first kappa shape index (κ1) is 25.7. The van der Waals surface area contributed by atoms with Gasteiger partial charge in [0.25, 0.3) is 0 Å². The molecule has 11 nitrogen and oxygen atoms in total. The van der Waals surface area contributed by atoms with Gasteiger partial charge in [0.1, 0.15) is 12.1 Å². The fraction of sp³-hybridized carbons (Fsp3) is 0.500. The first-order valence-electron chi connectivity index (χ1n) is 9.61. The van der Waals surface area contributed by atoms with Crippen LogP contribution in [0.4, 0.5) is 9.59 Å². The number of esters is 1. The van der Waals surface area contributed by atoms with Crippen molar-refractivity contribution in [2.75, 3.05) is 19.8 Å². The monoisotopic (exact) mass is 441 g/mol. The van der Waals surface area contributed by atoms with Crippen LogP contribution in [0.5, 0.6) is 11.5 Å². The molecule has 2 atom stereocenters. The molecule has 0 radical (unpaired) electrons. The normalized spacial score (nSPS) is 12.3. The largest absolute Gasteiger partial charge is 0.513 e. The van der Waals surface area contributed by atoms with E-state index in [0.717, 1.165) is 0 Å². The fourth-order valence-corrected chi connectivity index (χ4v) is 2.43. The Labute approximate surface area is 179 Å². The molecule has 0 spiro atoms. The first-order valence-corrected chi connectivity index (χ1v) is 9.61. The van der Waals surface area contributed by atoms with Crippen LogP contribution in [0.3, 0.4) is 0 Å². The maximum absolute atomic E-state index is 11.7. The van der Waals surface area contributed by atoms with Crippen LogP contribution in [0.15, 0.2) is 18.2 Å². The Balaban J connectivity index is 2.99. The van der Waals surface area contributed by atoms with Gasteiger partial charge in [0.05, 0.1) is 13.2 Å². The van der Waals surface area contributed by atoms with Crippen LogP contribution >= 0.6 is 0 Å². The van der Waals surface area contributed by atoms with E-state index in [1.165, 1.54) is 25.1 Å². The molecule has 0 aliphatic carbocycles. The summed E-state index contributed by atoms with van der Waals surface area (Å²) >= 11 is 0. The van der Waals surface area contributed by atoms with Crippen LogP contribution in [-0.2, 0) is 30.2 Å². The van der Waals surface area contributed by atoms with E-state index in [1.807, 2.05) is 0 Å². The summed E-state index contributed by atoms with van der Waals surface area (Å²) in [5.74, 6) is -1.84. The van der Waals surface area contributed by atoms with Crippen molar-refractivity contribution in [2.45, 2.75) is 46.3 Å². The van der Waals surface area contributed by atoms with Crippen molar-refractivity contribution in [2.24, 2.45) is 0 Å². The van der Waals surface area contributed by atoms with Gasteiger partial charge < -0.3 is 34.1 Å². The van der Waals surface area contributed by atoms with Gasteiger partial charge in [0, 0.05) is 13.5 Å². The Bertz CT molecular complexity index is 779. The van der Waals surface area contributed by atoms with E-state index in [-0.39, 0.29) is 37.7 Å². The van der Waals surface area contributed by atoms with Crippen molar-refractivity contribution in [1.29, 1.82) is 0 Å². The number of nitrogens with one attached hydrogen (secondary N) is 1. The highest BCUT2D eigenvalue weighted by Gasteiger charge is 2.22. The van der Waals surface area contributed by atoms with Crippen LogP contribution in [-0.4, -0.2) is 61.3 Å². The Hall–Kier alpha value is -3.34. The molecule has 1 aromatic carbocycles. The lowest BCUT2D eigenvalue weighted by molar-refractivity contribution is -0.145. The molecule has 0 aliphatic heterocycles. The number of hydrogen-bond acceptors (Lipinski definition) is 10. The summed E-state index contributed by atoms with van der Waals surface area (Å²) in [5.41, 5.74) is 0.468. The number of aliphatic carboxylic acids is 1. The van der Waals surface area contributed by atoms with E-state index >= 15 is 0 Å². The second kappa shape index (κ2) is 13.1. The molecule has 0 bridgehead atoms. The molecule has 1 rings (SSSR count). The first-order chi connectivity index (χ1) is 14.7. The van der Waals surface area contributed by atoms with E-state index in [2.05, 4.69) is 5.32 Å². The molecular weight excluding hydrogens is 414 g/mol. The van der Waals surface area contributed by atoms with Gasteiger partial charge in [-0.25, -0.2) is 9.59 Å². The lowest BCUT2D eigenvalue weighted by atomic mass is 10.0. The van der Waals surface area contributed by atoms with Gasteiger partial charge >= 0.3 is 24.2 Å². The molecule has 0 fully saturated rings. The number of benzene rings is 1. The molecule has 1 unspecified atom stereocenters. The second-order valence-corrected chi connectivity index (χ2v) is 6.27. The summed E-state index contributed by atoms with van der Waals surface area (Å²) in [6.07, 6.45) is -2.53. The second-order valence-electron chi connectivity index (χ2n) is 6.27. The number of rotatable bonds is 11. The third kappa shape index (κ3) is 9.81. The molecule has 0 heterocycles. The zero-order chi connectivity index (χ0) is 23.4. The highest BCUT2D eigenvalue weighted by atomic mass is 16.7. The molecule has 0 aromatic heterocycles. The summed E-state index contributed by atoms with van der Waals surface area (Å²) in [6, 6.07) is 3.20. The molecule has 172 valence electrons. The highest BCUT2D eigenvalue weighted by molar-refractivity contribution is 5.74. The number of ether oxygens (including phenoxy) is 5. The Kier molecular flexibility index (Phi) is 10.8. The molecule has 2 N–H and O–H groups in total. The summed E-state index contributed by atoms with van der Waals surface area (Å²) in [5, 5.41) is 12.3. The molecule has 0 amide bonds. The number of hydrogen-bond donors (Lipinski definition) is 2. The summed E-state index contributed by atoms with van der Waals surface area (Å²) in [4.78, 5) is 45.9. The van der Waals surface area contributed by atoms with E-state index in [9.17, 15) is 24.3 Å². The predicted molar refractivity (Wildman–Crippen MR) is 106 cm³/mol. The predicted octanol–water partition coefficient (Wildman–Crippen LogP) is 2.29. The van der Waals surface area contributed by atoms with Crippen molar-refractivity contribution >= 4 is 24.2 Å². The Morgan fingerprint density at radius 3 is 2.10 bits per heavy atom. The topological polar surface area (TPSA) is 147 Å². The summed E-state index contributed by atoms with van der Waals surface area (Å²) < 4.78 is 24.5. The van der Waals surface area contributed by atoms with Gasteiger partial charge in [0.2, 0.25) is 0 Å². The molecule has 0 saturated carbocycles. The maximum atomic E-state index is 11.7. The number of carboxylic acids is 1. The zero-order valence-corrected chi connectivity index (χ0v) is 17.8. The average molecular weight is 441 g/mol. The van der Waals surface area contributed by atoms with Crippen molar-refractivity contribution in [3.05, 3.63) is 23.8 Å². The number of carbonyl (C=O) groups is 4. The van der Waals surface area contributed by atoms with Gasteiger partial charge in [-0.2, -0.15) is 0 Å². The Morgan fingerprint density at radius 2 is 1.58 bits per heavy atom. The van der Waals surface area contributed by atoms with Crippen LogP contribution < -0.4 is 14.8 Å². The minimum absolute atomic E-state index is 0.000989. The standard InChI is InChI=1S/C20H27NO10/c1-5-27-19(25)30-16-8-7-14(10-17(16)31-20(26)28-6-2)9-15(18(23)24)21-11-12(3)29-13(4)22/h7-8,10,12,15,21H,5-6,9,11H2,1-4H3,(H,23,24)/t12?,15-/m0/s1. The third-order valence-electron chi connectivity index (χ3n) is 3.68. The highest BCUT2D eigenvalue weighted by Crippen LogP contribution is 2.30. The van der Waals surface area contributed by atoms with Gasteiger partial charge in [-0.1, -0.05) is 6.07 Å². The van der Waals surface area contributed by atoms with E-state index in [0.29, 0.717) is 5.56 Å². The zero-order valence-electron chi connectivity index (χ0n) is 17.8. The molecule has 11 heteroatoms. The molecule has 31 heavy (non-hydrogen) atoms. The number of carboxylic acid groups (broad SMARTS) is 1. The van der Waals surface area contributed by atoms with Gasteiger partial charge in [-0.3, -0.25) is 9.59 Å². The smallest absolute Gasteiger partial charge is 0.480 e. The van der Waals surface area contributed by atoms with Gasteiger partial charge in [-0.05, 0) is 44.9 Å². The molecule has 0 aliphatic rings. The third-order valence-corrected chi connectivity index (χ3v) is 3.68. The van der Waals surface area contributed by atoms with Crippen molar-refractivity contribution in [3.63, 3.8) is 0 Å². The molecule has 0 saturated heterocycles. The van der Waals surface area contributed by atoms with Crippen molar-refractivity contribution in [1.82, 2.24) is 5.32 Å². The minimum Gasteiger partial charge on any atom is -0.480 e. The van der Waals surface area contributed by atoms with Crippen LogP contribution in [0.1, 0.15) is 33.3 Å². The minimum atomic E-state index is -1.13. The van der Waals surface area contributed by atoms with Crippen molar-refractivity contribution in [3.8, 4) is 11.5 Å². The molecular formula is C20H27NO10. The fourth-order valence-electron chi connectivity index (χ4n) is 2.43. The summed E-state index contributed by atoms with van der Waals surface area (Å²) in [6.45, 7) is 6.35. The van der Waals surface area contributed by atoms with E-state index in [1.54, 1.807) is 20.8 Å². The van der Waals surface area contributed by atoms with Crippen LogP contribution in [0.25, 0.3) is 0 Å². The Morgan fingerprint density at radius 1 is 1.00 bits per heavy atom. The number of carbonyl (C=O) groups excluding carboxylic acids is 3. The van der Waals surface area contributed by atoms with E-state index in [4.69, 9.17) is 23.7 Å².